The molecule has 1 saturated heterocycles. The topological polar surface area (TPSA) is 98.7 Å². The molecule has 1 aliphatic heterocycles. The molecule has 7 nitrogen and oxygen atoms in total. The van der Waals surface area contributed by atoms with E-state index in [4.69, 9.17) is 16.3 Å². The van der Waals surface area contributed by atoms with Gasteiger partial charge in [0.15, 0.2) is 0 Å². The highest BCUT2D eigenvalue weighted by molar-refractivity contribution is 6.34. The van der Waals surface area contributed by atoms with E-state index in [2.05, 4.69) is 14.9 Å². The average Bonchev–Trinajstić information content (AvgIpc) is 3.00. The van der Waals surface area contributed by atoms with Gasteiger partial charge in [0.05, 0.1) is 23.3 Å². The molecular weight excluding hydrogens is 382 g/mol. The normalized spacial score (nSPS) is 23.1. The lowest BCUT2D eigenvalue weighted by Gasteiger charge is -2.21. The molecule has 1 aromatic carbocycles. The molecule has 0 amide bonds. The number of anilines is 1. The van der Waals surface area contributed by atoms with Gasteiger partial charge in [-0.15, -0.1) is 0 Å². The number of aromatic amines is 1. The van der Waals surface area contributed by atoms with Gasteiger partial charge in [0.2, 0.25) is 5.88 Å². The number of fused-ring (bicyclic) bond motifs is 2. The van der Waals surface area contributed by atoms with Crippen LogP contribution in [0.4, 0.5) is 5.82 Å². The van der Waals surface area contributed by atoms with Crippen molar-refractivity contribution >= 4 is 34.3 Å². The van der Waals surface area contributed by atoms with Crippen molar-refractivity contribution in [2.45, 2.75) is 12.0 Å². The van der Waals surface area contributed by atoms with E-state index in [1.54, 1.807) is 12.1 Å². The second-order valence-corrected chi connectivity index (χ2v) is 7.90. The number of hydrogen-bond acceptors (Lipinski definition) is 5. The summed E-state index contributed by atoms with van der Waals surface area (Å²) in [4.78, 5) is 21.1. The molecule has 2 fully saturated rings. The average molecular weight is 400 g/mol. The molecule has 8 heteroatoms. The molecule has 1 aliphatic carbocycles. The van der Waals surface area contributed by atoms with E-state index in [-0.39, 0.29) is 5.56 Å². The first kappa shape index (κ1) is 17.3. The summed E-state index contributed by atoms with van der Waals surface area (Å²) in [5, 5.41) is 20.7. The Labute approximate surface area is 165 Å². The van der Waals surface area contributed by atoms with E-state index in [1.807, 2.05) is 12.1 Å². The molecule has 2 atom stereocenters. The number of benzene rings is 1. The first-order valence-corrected chi connectivity index (χ1v) is 9.34. The van der Waals surface area contributed by atoms with Crippen LogP contribution in [0.3, 0.4) is 0 Å². The number of aromatic carboxylic acids is 1. The lowest BCUT2D eigenvalue weighted by Crippen LogP contribution is -2.27. The number of hydrogen-bond donors (Lipinski definition) is 3. The summed E-state index contributed by atoms with van der Waals surface area (Å²) in [6.45, 7) is 1.36. The third-order valence-electron chi connectivity index (χ3n) is 5.76. The van der Waals surface area contributed by atoms with Crippen molar-refractivity contribution in [3.8, 4) is 17.0 Å². The number of piperidine rings is 1. The third kappa shape index (κ3) is 2.54. The minimum atomic E-state index is -1.01. The second kappa shape index (κ2) is 5.86. The Morgan fingerprint density at radius 3 is 2.89 bits per heavy atom. The van der Waals surface area contributed by atoms with Crippen molar-refractivity contribution in [3.05, 3.63) is 41.0 Å². The molecule has 3 N–H and O–H groups in total. The number of nitrogens with one attached hydrogen (secondary N) is 1. The molecule has 2 aliphatic rings. The SMILES string of the molecule is COc1nc(N2CC3C[C@]3(O)C2)ccc1-c1cc2c(C(=O)O)c[nH]c2cc1Cl. The van der Waals surface area contributed by atoms with Crippen molar-refractivity contribution in [3.63, 3.8) is 0 Å². The first-order chi connectivity index (χ1) is 13.4. The van der Waals surface area contributed by atoms with Gasteiger partial charge in [0, 0.05) is 47.2 Å². The van der Waals surface area contributed by atoms with Crippen LogP contribution in [-0.2, 0) is 0 Å². The minimum absolute atomic E-state index is 0.181. The number of aliphatic hydroxyl groups is 1. The Kier molecular flexibility index (Phi) is 3.63. The zero-order valence-corrected chi connectivity index (χ0v) is 15.8. The molecule has 2 aromatic heterocycles. The monoisotopic (exact) mass is 399 g/mol. The van der Waals surface area contributed by atoms with Crippen LogP contribution in [0.25, 0.3) is 22.0 Å². The van der Waals surface area contributed by atoms with Crippen molar-refractivity contribution in [2.75, 3.05) is 25.1 Å². The maximum absolute atomic E-state index is 11.5. The standard InChI is InChI=1S/C20H18ClN3O4/c1-28-18-11(2-3-17(23-18)24-8-10-6-20(10,27)9-24)12-4-13-14(19(25)26)7-22-16(13)5-15(12)21/h2-5,7,10,22,27H,6,8-9H2,1H3,(H,25,26)/t10?,20-/m0/s1. The molecule has 0 bridgehead atoms. The molecule has 0 radical (unpaired) electrons. The van der Waals surface area contributed by atoms with Crippen LogP contribution in [0.5, 0.6) is 5.88 Å². The number of H-pyrrole nitrogens is 1. The lowest BCUT2D eigenvalue weighted by atomic mass is 10.0. The molecule has 3 heterocycles. The number of β-amino-alcohol motifs (C(OH)–C–C–N with tert-alkyl or cyclic N) is 1. The van der Waals surface area contributed by atoms with Gasteiger partial charge in [-0.1, -0.05) is 11.6 Å². The van der Waals surface area contributed by atoms with Gasteiger partial charge < -0.3 is 24.8 Å². The summed E-state index contributed by atoms with van der Waals surface area (Å²) in [7, 11) is 1.54. The van der Waals surface area contributed by atoms with Gasteiger partial charge in [0.25, 0.3) is 0 Å². The highest BCUT2D eigenvalue weighted by atomic mass is 35.5. The number of carboxylic acid groups (broad SMARTS) is 1. The largest absolute Gasteiger partial charge is 0.480 e. The van der Waals surface area contributed by atoms with Crippen molar-refractivity contribution in [1.29, 1.82) is 0 Å². The molecule has 144 valence electrons. The minimum Gasteiger partial charge on any atom is -0.480 e. The van der Waals surface area contributed by atoms with Crippen LogP contribution in [0.2, 0.25) is 5.02 Å². The van der Waals surface area contributed by atoms with E-state index >= 15 is 0 Å². The Morgan fingerprint density at radius 1 is 1.39 bits per heavy atom. The summed E-state index contributed by atoms with van der Waals surface area (Å²) in [6.07, 6.45) is 2.31. The van der Waals surface area contributed by atoms with E-state index in [0.717, 1.165) is 18.8 Å². The molecule has 28 heavy (non-hydrogen) atoms. The molecule has 0 spiro atoms. The first-order valence-electron chi connectivity index (χ1n) is 8.96. The Morgan fingerprint density at radius 2 is 2.21 bits per heavy atom. The number of rotatable bonds is 4. The predicted molar refractivity (Wildman–Crippen MR) is 105 cm³/mol. The van der Waals surface area contributed by atoms with Crippen LogP contribution in [0, 0.1) is 5.92 Å². The van der Waals surface area contributed by atoms with Crippen LogP contribution in [-0.4, -0.2) is 52.0 Å². The van der Waals surface area contributed by atoms with Gasteiger partial charge in [-0.05, 0) is 30.7 Å². The number of carboxylic acids is 1. The number of pyridine rings is 1. The highest BCUT2D eigenvalue weighted by Gasteiger charge is 2.59. The Bertz CT molecular complexity index is 1130. The maximum atomic E-state index is 11.5. The van der Waals surface area contributed by atoms with Crippen molar-refractivity contribution in [2.24, 2.45) is 5.92 Å². The van der Waals surface area contributed by atoms with Gasteiger partial charge in [-0.3, -0.25) is 0 Å². The number of methoxy groups -OCH3 is 1. The smallest absolute Gasteiger partial charge is 0.337 e. The fourth-order valence-corrected chi connectivity index (χ4v) is 4.39. The van der Waals surface area contributed by atoms with Crippen molar-refractivity contribution < 1.29 is 19.7 Å². The third-order valence-corrected chi connectivity index (χ3v) is 6.07. The van der Waals surface area contributed by atoms with E-state index in [1.165, 1.54) is 13.3 Å². The summed E-state index contributed by atoms with van der Waals surface area (Å²) in [6, 6.07) is 7.19. The van der Waals surface area contributed by atoms with Crippen LogP contribution >= 0.6 is 11.6 Å². The number of ether oxygens (including phenoxy) is 1. The number of halogens is 1. The van der Waals surface area contributed by atoms with E-state index in [0.29, 0.717) is 45.4 Å². The number of nitrogens with zero attached hydrogens (tertiary/aromatic N) is 2. The zero-order valence-electron chi connectivity index (χ0n) is 15.1. The summed E-state index contributed by atoms with van der Waals surface area (Å²) < 4.78 is 5.51. The summed E-state index contributed by atoms with van der Waals surface area (Å²) in [5.41, 5.74) is 1.60. The van der Waals surface area contributed by atoms with Crippen LogP contribution in [0.15, 0.2) is 30.5 Å². The van der Waals surface area contributed by atoms with E-state index in [9.17, 15) is 15.0 Å². The fourth-order valence-electron chi connectivity index (χ4n) is 4.13. The molecular formula is C20H18ClN3O4. The Balaban J connectivity index is 1.58. The van der Waals surface area contributed by atoms with Crippen molar-refractivity contribution in [1.82, 2.24) is 9.97 Å². The lowest BCUT2D eigenvalue weighted by molar-refractivity contribution is 0.0699. The molecule has 5 rings (SSSR count). The predicted octanol–water partition coefficient (Wildman–Crippen LogP) is 3.16. The molecule has 1 unspecified atom stereocenters. The molecule has 3 aromatic rings. The molecule has 1 saturated carbocycles. The quantitative estimate of drug-likeness (QED) is 0.623. The maximum Gasteiger partial charge on any atom is 0.337 e. The summed E-state index contributed by atoms with van der Waals surface area (Å²) in [5.74, 6) is 0.454. The van der Waals surface area contributed by atoms with Crippen LogP contribution in [0.1, 0.15) is 16.8 Å². The van der Waals surface area contributed by atoms with Gasteiger partial charge in [-0.25, -0.2) is 4.79 Å². The van der Waals surface area contributed by atoms with Gasteiger partial charge >= 0.3 is 5.97 Å². The van der Waals surface area contributed by atoms with Crippen LogP contribution < -0.4 is 9.64 Å². The number of carbonyl (C=O) groups is 1. The highest BCUT2D eigenvalue weighted by Crippen LogP contribution is 2.50. The van der Waals surface area contributed by atoms with Gasteiger partial charge in [-0.2, -0.15) is 4.98 Å². The zero-order chi connectivity index (χ0) is 19.6. The summed E-state index contributed by atoms with van der Waals surface area (Å²) >= 11 is 6.47. The van der Waals surface area contributed by atoms with E-state index < -0.39 is 11.6 Å². The van der Waals surface area contributed by atoms with Gasteiger partial charge in [0.1, 0.15) is 5.82 Å². The Hall–Kier alpha value is -2.77. The second-order valence-electron chi connectivity index (χ2n) is 7.50. The number of aromatic nitrogens is 2. The fraction of sp³-hybridized carbons (Fsp3) is 0.300.